The lowest BCUT2D eigenvalue weighted by Gasteiger charge is -2.31. The standard InChI is InChI=1S/C28H30F2N2O3/c1-32(19-9-3-2-4-14-26(31)33)27(34)20-15-17-21(18-16-20)28(35,22-10-5-7-12-24(22)29)23-11-6-8-13-25(23)30/h5-8,10-13,15-18,35H,2-4,9,14,19H2,1H3,(H2,31,33). The van der Waals surface area contributed by atoms with E-state index in [1.165, 1.54) is 48.5 Å². The van der Waals surface area contributed by atoms with Gasteiger partial charge in [0.2, 0.25) is 5.91 Å². The van der Waals surface area contributed by atoms with Crippen molar-refractivity contribution in [1.29, 1.82) is 0 Å². The molecule has 0 spiro atoms. The lowest BCUT2D eigenvalue weighted by atomic mass is 9.79. The summed E-state index contributed by atoms with van der Waals surface area (Å²) in [5.74, 6) is -1.85. The van der Waals surface area contributed by atoms with Gasteiger partial charge in [0.05, 0.1) is 0 Å². The molecule has 0 bridgehead atoms. The number of aliphatic hydroxyl groups is 1. The first kappa shape index (κ1) is 26.0. The first-order chi connectivity index (χ1) is 16.7. The Labute approximate surface area is 204 Å². The third-order valence-electron chi connectivity index (χ3n) is 6.09. The Balaban J connectivity index is 1.79. The maximum absolute atomic E-state index is 14.8. The minimum atomic E-state index is -2.09. The van der Waals surface area contributed by atoms with E-state index in [1.54, 1.807) is 36.2 Å². The van der Waals surface area contributed by atoms with Gasteiger partial charge in [-0.05, 0) is 42.7 Å². The molecule has 0 saturated carbocycles. The third-order valence-corrected chi connectivity index (χ3v) is 6.09. The average Bonchev–Trinajstić information content (AvgIpc) is 2.85. The normalized spacial score (nSPS) is 11.3. The maximum Gasteiger partial charge on any atom is 0.253 e. The van der Waals surface area contributed by atoms with Crippen LogP contribution in [0.1, 0.15) is 59.2 Å². The Morgan fingerprint density at radius 3 is 1.86 bits per heavy atom. The number of carbonyl (C=O) groups is 2. The van der Waals surface area contributed by atoms with Gasteiger partial charge >= 0.3 is 0 Å². The summed E-state index contributed by atoms with van der Waals surface area (Å²) in [6.07, 6.45) is 3.64. The van der Waals surface area contributed by atoms with E-state index in [2.05, 4.69) is 0 Å². The van der Waals surface area contributed by atoms with Crippen molar-refractivity contribution in [2.75, 3.05) is 13.6 Å². The molecule has 0 aromatic heterocycles. The number of hydrogen-bond acceptors (Lipinski definition) is 3. The lowest BCUT2D eigenvalue weighted by Crippen LogP contribution is -2.32. The Morgan fingerprint density at radius 1 is 0.829 bits per heavy atom. The van der Waals surface area contributed by atoms with Crippen LogP contribution < -0.4 is 5.73 Å². The SMILES string of the molecule is CN(CCCCCCC(N)=O)C(=O)c1ccc(C(O)(c2ccccc2F)c2ccccc2F)cc1. The van der Waals surface area contributed by atoms with Crippen LogP contribution in [0.2, 0.25) is 0 Å². The summed E-state index contributed by atoms with van der Waals surface area (Å²) >= 11 is 0. The van der Waals surface area contributed by atoms with Crippen LogP contribution in [0.15, 0.2) is 72.8 Å². The summed E-state index contributed by atoms with van der Waals surface area (Å²) in [5.41, 5.74) is 3.51. The summed E-state index contributed by atoms with van der Waals surface area (Å²) in [6.45, 7) is 0.547. The fourth-order valence-corrected chi connectivity index (χ4v) is 4.14. The highest BCUT2D eigenvalue weighted by Crippen LogP contribution is 2.39. The highest BCUT2D eigenvalue weighted by atomic mass is 19.1. The molecule has 7 heteroatoms. The zero-order valence-electron chi connectivity index (χ0n) is 19.7. The highest BCUT2D eigenvalue weighted by Gasteiger charge is 2.38. The summed E-state index contributed by atoms with van der Waals surface area (Å²) < 4.78 is 29.5. The molecule has 3 aromatic carbocycles. The Hall–Kier alpha value is -3.58. The number of unbranched alkanes of at least 4 members (excludes halogenated alkanes) is 3. The van der Waals surface area contributed by atoms with Crippen LogP contribution in [-0.2, 0) is 10.4 Å². The van der Waals surface area contributed by atoms with Gasteiger partial charge in [0, 0.05) is 36.7 Å². The van der Waals surface area contributed by atoms with Crippen LogP contribution >= 0.6 is 0 Å². The van der Waals surface area contributed by atoms with E-state index in [-0.39, 0.29) is 28.5 Å². The predicted octanol–water partition coefficient (Wildman–Crippen LogP) is 4.76. The fraction of sp³-hybridized carbons (Fsp3) is 0.286. The molecule has 0 fully saturated rings. The number of carbonyl (C=O) groups excluding carboxylic acids is 2. The highest BCUT2D eigenvalue weighted by molar-refractivity contribution is 5.94. The predicted molar refractivity (Wildman–Crippen MR) is 131 cm³/mol. The maximum atomic E-state index is 14.8. The smallest absolute Gasteiger partial charge is 0.253 e. The van der Waals surface area contributed by atoms with Gasteiger partial charge in [0.1, 0.15) is 17.2 Å². The van der Waals surface area contributed by atoms with Crippen LogP contribution in [0.4, 0.5) is 8.78 Å². The van der Waals surface area contributed by atoms with Gasteiger partial charge in [-0.2, -0.15) is 0 Å². The number of nitrogens with two attached hydrogens (primary N) is 1. The van der Waals surface area contributed by atoms with E-state index >= 15 is 0 Å². The third kappa shape index (κ3) is 6.11. The zero-order chi connectivity index (χ0) is 25.4. The largest absolute Gasteiger partial charge is 0.376 e. The van der Waals surface area contributed by atoms with Crippen LogP contribution in [0.3, 0.4) is 0 Å². The summed E-state index contributed by atoms with van der Waals surface area (Å²) in [5, 5.41) is 11.7. The monoisotopic (exact) mass is 480 g/mol. The molecule has 0 aliphatic carbocycles. The molecular weight excluding hydrogens is 450 g/mol. The van der Waals surface area contributed by atoms with Crippen LogP contribution in [-0.4, -0.2) is 35.4 Å². The van der Waals surface area contributed by atoms with Crippen LogP contribution in [0, 0.1) is 11.6 Å². The van der Waals surface area contributed by atoms with Crippen molar-refractivity contribution in [3.8, 4) is 0 Å². The van der Waals surface area contributed by atoms with Gasteiger partial charge in [-0.15, -0.1) is 0 Å². The van der Waals surface area contributed by atoms with E-state index in [4.69, 9.17) is 5.73 Å². The number of halogens is 2. The number of nitrogens with zero attached hydrogens (tertiary/aromatic N) is 1. The molecule has 0 aliphatic heterocycles. The molecule has 0 saturated heterocycles. The van der Waals surface area contributed by atoms with Gasteiger partial charge in [0.15, 0.2) is 0 Å². The van der Waals surface area contributed by atoms with Gasteiger partial charge in [-0.1, -0.05) is 61.4 Å². The molecule has 3 aromatic rings. The zero-order valence-corrected chi connectivity index (χ0v) is 19.7. The Morgan fingerprint density at radius 2 is 1.34 bits per heavy atom. The quantitative estimate of drug-likeness (QED) is 0.307. The second-order valence-electron chi connectivity index (χ2n) is 8.60. The average molecular weight is 481 g/mol. The number of rotatable bonds is 11. The number of benzene rings is 3. The van der Waals surface area contributed by atoms with Crippen molar-refractivity contribution in [1.82, 2.24) is 4.90 Å². The molecule has 5 nitrogen and oxygen atoms in total. The second kappa shape index (κ2) is 11.7. The topological polar surface area (TPSA) is 83.6 Å². The minimum Gasteiger partial charge on any atom is -0.376 e. The first-order valence-electron chi connectivity index (χ1n) is 11.6. The molecule has 3 rings (SSSR count). The summed E-state index contributed by atoms with van der Waals surface area (Å²) in [7, 11) is 1.70. The Bertz CT molecular complexity index is 1120. The van der Waals surface area contributed by atoms with E-state index in [1.807, 2.05) is 0 Å². The van der Waals surface area contributed by atoms with E-state index < -0.39 is 17.2 Å². The minimum absolute atomic E-state index is 0.0855. The molecule has 184 valence electrons. The summed E-state index contributed by atoms with van der Waals surface area (Å²) in [6, 6.07) is 17.5. The molecule has 0 unspecified atom stereocenters. The van der Waals surface area contributed by atoms with Crippen molar-refractivity contribution in [2.45, 2.75) is 37.7 Å². The second-order valence-corrected chi connectivity index (χ2v) is 8.60. The summed E-state index contributed by atoms with van der Waals surface area (Å²) in [4.78, 5) is 25.2. The van der Waals surface area contributed by atoms with Gasteiger partial charge in [-0.25, -0.2) is 8.78 Å². The first-order valence-corrected chi connectivity index (χ1v) is 11.6. The van der Waals surface area contributed by atoms with Gasteiger partial charge in [0.25, 0.3) is 5.91 Å². The van der Waals surface area contributed by atoms with E-state index in [0.29, 0.717) is 18.5 Å². The lowest BCUT2D eigenvalue weighted by molar-refractivity contribution is -0.118. The molecule has 0 heterocycles. The molecule has 2 amide bonds. The molecule has 0 aliphatic rings. The van der Waals surface area contributed by atoms with Crippen molar-refractivity contribution < 1.29 is 23.5 Å². The fourth-order valence-electron chi connectivity index (χ4n) is 4.14. The van der Waals surface area contributed by atoms with Crippen LogP contribution in [0.25, 0.3) is 0 Å². The van der Waals surface area contributed by atoms with Crippen molar-refractivity contribution in [3.63, 3.8) is 0 Å². The number of primary amides is 1. The molecule has 3 N–H and O–H groups in total. The van der Waals surface area contributed by atoms with E-state index in [0.717, 1.165) is 25.7 Å². The van der Waals surface area contributed by atoms with E-state index in [9.17, 15) is 23.5 Å². The van der Waals surface area contributed by atoms with Gasteiger partial charge < -0.3 is 15.7 Å². The van der Waals surface area contributed by atoms with Crippen molar-refractivity contribution in [3.05, 3.63) is 107 Å². The van der Waals surface area contributed by atoms with Crippen molar-refractivity contribution >= 4 is 11.8 Å². The number of hydrogen-bond donors (Lipinski definition) is 2. The molecular formula is C28H30F2N2O3. The molecule has 0 atom stereocenters. The van der Waals surface area contributed by atoms with Crippen LogP contribution in [0.5, 0.6) is 0 Å². The number of amides is 2. The van der Waals surface area contributed by atoms with Gasteiger partial charge in [-0.3, -0.25) is 9.59 Å². The molecule has 0 radical (unpaired) electrons. The molecule has 35 heavy (non-hydrogen) atoms. The Kier molecular flexibility index (Phi) is 8.71. The van der Waals surface area contributed by atoms with Crippen molar-refractivity contribution in [2.24, 2.45) is 5.73 Å².